The van der Waals surface area contributed by atoms with Gasteiger partial charge in [0.05, 0.1) is 0 Å². The third-order valence-corrected chi connectivity index (χ3v) is 1.03. The lowest BCUT2D eigenvalue weighted by molar-refractivity contribution is -0.104. The summed E-state index contributed by atoms with van der Waals surface area (Å²) in [4.78, 5) is 10.2. The second-order valence-corrected chi connectivity index (χ2v) is 1.70. The monoisotopic (exact) mass is 134 g/mol. The Balaban J connectivity index is 4.49. The Morgan fingerprint density at radius 3 is 2.20 bits per heavy atom. The van der Waals surface area contributed by atoms with Gasteiger partial charge in [0.2, 0.25) is 0 Å². The van der Waals surface area contributed by atoms with Gasteiger partial charge in [0.1, 0.15) is 6.29 Å². The Hall–Kier alpha value is -1.37. The molecule has 0 aromatic rings. The third kappa shape index (κ3) is 2.27. The fourth-order valence-electron chi connectivity index (χ4n) is 0.501. The smallest absolute Gasteiger partial charge is 0.150 e. The van der Waals surface area contributed by atoms with E-state index in [0.717, 1.165) is 0 Å². The predicted molar refractivity (Wildman–Crippen MR) is 43.7 cm³/mol. The first-order chi connectivity index (χ1) is 4.76. The highest BCUT2D eigenvalue weighted by Gasteiger charge is 1.92. The van der Waals surface area contributed by atoms with Crippen LogP contribution in [0.5, 0.6) is 0 Å². The van der Waals surface area contributed by atoms with Gasteiger partial charge in [0.25, 0.3) is 0 Å². The van der Waals surface area contributed by atoms with E-state index < -0.39 is 0 Å². The molecule has 0 unspecified atom stereocenters. The van der Waals surface area contributed by atoms with Crippen LogP contribution in [0.4, 0.5) is 0 Å². The van der Waals surface area contributed by atoms with Crippen molar-refractivity contribution >= 4 is 6.29 Å². The molecule has 0 saturated carbocycles. The number of rotatable bonds is 4. The molecule has 0 amide bonds. The molecular weight excluding hydrogens is 124 g/mol. The average Bonchev–Trinajstić information content (AvgIpc) is 1.99. The summed E-state index contributed by atoms with van der Waals surface area (Å²) in [5.74, 6) is 0. The zero-order valence-corrected chi connectivity index (χ0v) is 5.84. The number of carbonyl (C=O) groups is 1. The molecule has 0 aliphatic heterocycles. The largest absolute Gasteiger partial charge is 0.298 e. The molecule has 0 aromatic carbocycles. The van der Waals surface area contributed by atoms with Crippen LogP contribution in [-0.2, 0) is 4.79 Å². The van der Waals surface area contributed by atoms with Crippen molar-refractivity contribution in [1.29, 1.82) is 0 Å². The summed E-state index contributed by atoms with van der Waals surface area (Å²) in [5, 5.41) is 0. The summed E-state index contributed by atoms with van der Waals surface area (Å²) in [6.45, 7) is 10.5. The molecule has 52 valence electrons. The van der Waals surface area contributed by atoms with Crippen molar-refractivity contribution in [3.63, 3.8) is 0 Å². The van der Waals surface area contributed by atoms with Gasteiger partial charge in [-0.3, -0.25) is 4.79 Å². The summed E-state index contributed by atoms with van der Waals surface area (Å²) < 4.78 is 0. The summed E-state index contributed by atoms with van der Waals surface area (Å²) in [7, 11) is 0. The van der Waals surface area contributed by atoms with Crippen molar-refractivity contribution in [2.45, 2.75) is 0 Å². The van der Waals surface area contributed by atoms with E-state index in [2.05, 4.69) is 19.7 Å². The number of carbonyl (C=O) groups excluding carboxylic acids is 1. The van der Waals surface area contributed by atoms with E-state index in [-0.39, 0.29) is 0 Å². The number of hydrogen-bond acceptors (Lipinski definition) is 1. The molecule has 0 saturated heterocycles. The van der Waals surface area contributed by atoms with Crippen molar-refractivity contribution in [2.24, 2.45) is 0 Å². The first kappa shape index (κ1) is 8.63. The topological polar surface area (TPSA) is 17.1 Å². The zero-order valence-electron chi connectivity index (χ0n) is 5.84. The van der Waals surface area contributed by atoms with Gasteiger partial charge < -0.3 is 0 Å². The second kappa shape index (κ2) is 4.50. The summed E-state index contributed by atoms with van der Waals surface area (Å²) >= 11 is 0. The second-order valence-electron chi connectivity index (χ2n) is 1.70. The van der Waals surface area contributed by atoms with E-state index in [1.54, 1.807) is 18.2 Å². The SMILES string of the molecule is C=C/C=C(\C=C)C(=C)C=O. The number of allylic oxidation sites excluding steroid dienone is 5. The highest BCUT2D eigenvalue weighted by molar-refractivity contribution is 5.80. The van der Waals surface area contributed by atoms with Gasteiger partial charge in [-0.05, 0) is 5.57 Å². The van der Waals surface area contributed by atoms with Crippen LogP contribution in [0.15, 0.2) is 49.1 Å². The van der Waals surface area contributed by atoms with Crippen LogP contribution in [0.1, 0.15) is 0 Å². The average molecular weight is 134 g/mol. The molecule has 0 N–H and O–H groups in total. The third-order valence-electron chi connectivity index (χ3n) is 1.03. The lowest BCUT2D eigenvalue weighted by Gasteiger charge is -1.93. The Morgan fingerprint density at radius 2 is 1.90 bits per heavy atom. The van der Waals surface area contributed by atoms with E-state index in [0.29, 0.717) is 17.4 Å². The number of aldehydes is 1. The lowest BCUT2D eigenvalue weighted by atomic mass is 10.1. The maximum atomic E-state index is 10.2. The van der Waals surface area contributed by atoms with E-state index in [1.165, 1.54) is 0 Å². The molecule has 10 heavy (non-hydrogen) atoms. The molecule has 0 rings (SSSR count). The van der Waals surface area contributed by atoms with Crippen molar-refractivity contribution < 1.29 is 4.79 Å². The Kier molecular flexibility index (Phi) is 3.89. The fourth-order valence-corrected chi connectivity index (χ4v) is 0.501. The van der Waals surface area contributed by atoms with Crippen molar-refractivity contribution in [2.75, 3.05) is 0 Å². The van der Waals surface area contributed by atoms with Crippen LogP contribution in [0.2, 0.25) is 0 Å². The normalized spacial score (nSPS) is 10.2. The van der Waals surface area contributed by atoms with Crippen LogP contribution < -0.4 is 0 Å². The summed E-state index contributed by atoms with van der Waals surface area (Å²) in [6.07, 6.45) is 5.53. The molecule has 0 aliphatic carbocycles. The summed E-state index contributed by atoms with van der Waals surface area (Å²) in [6, 6.07) is 0. The molecule has 0 aromatic heterocycles. The highest BCUT2D eigenvalue weighted by atomic mass is 16.1. The highest BCUT2D eigenvalue weighted by Crippen LogP contribution is 2.05. The van der Waals surface area contributed by atoms with Crippen molar-refractivity contribution in [3.05, 3.63) is 49.1 Å². The van der Waals surface area contributed by atoms with Crippen molar-refractivity contribution in [3.8, 4) is 0 Å². The molecule has 0 spiro atoms. The molecule has 1 nitrogen and oxygen atoms in total. The molecule has 0 radical (unpaired) electrons. The van der Waals surface area contributed by atoms with Gasteiger partial charge in [-0.2, -0.15) is 0 Å². The van der Waals surface area contributed by atoms with Crippen molar-refractivity contribution in [1.82, 2.24) is 0 Å². The van der Waals surface area contributed by atoms with Gasteiger partial charge in [0.15, 0.2) is 0 Å². The van der Waals surface area contributed by atoms with Gasteiger partial charge >= 0.3 is 0 Å². The minimum atomic E-state index is 0.426. The van der Waals surface area contributed by atoms with Crippen LogP contribution in [-0.4, -0.2) is 6.29 Å². The minimum absolute atomic E-state index is 0.426. The first-order valence-corrected chi connectivity index (χ1v) is 2.86. The van der Waals surface area contributed by atoms with Gasteiger partial charge in [0, 0.05) is 5.57 Å². The Labute approximate surface area is 61.1 Å². The van der Waals surface area contributed by atoms with Gasteiger partial charge in [-0.15, -0.1) is 0 Å². The fraction of sp³-hybridized carbons (Fsp3) is 0. The maximum absolute atomic E-state index is 10.2. The van der Waals surface area contributed by atoms with Crippen LogP contribution in [0, 0.1) is 0 Å². The lowest BCUT2D eigenvalue weighted by Crippen LogP contribution is -1.83. The zero-order chi connectivity index (χ0) is 7.98. The van der Waals surface area contributed by atoms with Gasteiger partial charge in [-0.1, -0.05) is 38.0 Å². The van der Waals surface area contributed by atoms with E-state index in [1.807, 2.05) is 0 Å². The van der Waals surface area contributed by atoms with Crippen LogP contribution >= 0.6 is 0 Å². The molecule has 0 aliphatic rings. The molecule has 0 bridgehead atoms. The number of hydrogen-bond donors (Lipinski definition) is 0. The standard InChI is InChI=1S/C9H10O/c1-4-6-9(5-2)8(3)7-10/h4-7H,1-3H2/b9-6+. The Morgan fingerprint density at radius 1 is 1.30 bits per heavy atom. The summed E-state index contributed by atoms with van der Waals surface area (Å²) in [5.41, 5.74) is 1.14. The Bertz CT molecular complexity index is 197. The first-order valence-electron chi connectivity index (χ1n) is 2.86. The molecule has 0 heterocycles. The maximum Gasteiger partial charge on any atom is 0.150 e. The van der Waals surface area contributed by atoms with E-state index >= 15 is 0 Å². The molecule has 0 fully saturated rings. The quantitative estimate of drug-likeness (QED) is 0.326. The predicted octanol–water partition coefficient (Wildman–Crippen LogP) is 2.04. The molecule has 1 heteroatoms. The van der Waals surface area contributed by atoms with E-state index in [9.17, 15) is 4.79 Å². The minimum Gasteiger partial charge on any atom is -0.298 e. The van der Waals surface area contributed by atoms with E-state index in [4.69, 9.17) is 0 Å². The molecular formula is C9H10O. The van der Waals surface area contributed by atoms with Crippen LogP contribution in [0.3, 0.4) is 0 Å². The molecule has 0 atom stereocenters. The van der Waals surface area contributed by atoms with Gasteiger partial charge in [-0.25, -0.2) is 0 Å². The van der Waals surface area contributed by atoms with Crippen LogP contribution in [0.25, 0.3) is 0 Å².